The monoisotopic (exact) mass is 269 g/mol. The van der Waals surface area contributed by atoms with Crippen molar-refractivity contribution >= 4 is 5.91 Å². The van der Waals surface area contributed by atoms with Crippen molar-refractivity contribution in [2.75, 3.05) is 27.3 Å². The maximum absolute atomic E-state index is 13.6. The second-order valence-corrected chi connectivity index (χ2v) is 4.57. The van der Waals surface area contributed by atoms with E-state index in [1.807, 2.05) is 0 Å². The van der Waals surface area contributed by atoms with Crippen LogP contribution in [0.15, 0.2) is 24.3 Å². The summed E-state index contributed by atoms with van der Waals surface area (Å²) in [5.74, 6) is -1.21. The van der Waals surface area contributed by atoms with Gasteiger partial charge in [0, 0.05) is 20.7 Å². The minimum Gasteiger partial charge on any atom is -0.389 e. The largest absolute Gasteiger partial charge is 0.389 e. The maximum atomic E-state index is 13.6. The number of hydrogen-bond acceptors (Lipinski definition) is 3. The minimum atomic E-state index is -0.744. The van der Waals surface area contributed by atoms with Crippen LogP contribution in [0.25, 0.3) is 0 Å². The molecule has 4 nitrogen and oxygen atoms in total. The van der Waals surface area contributed by atoms with Gasteiger partial charge in [-0.05, 0) is 18.6 Å². The molecule has 0 spiro atoms. The van der Waals surface area contributed by atoms with Crippen molar-refractivity contribution in [1.82, 2.24) is 4.90 Å². The van der Waals surface area contributed by atoms with Gasteiger partial charge < -0.3 is 14.7 Å². The summed E-state index contributed by atoms with van der Waals surface area (Å²) in [7, 11) is 3.06. The van der Waals surface area contributed by atoms with E-state index in [0.717, 1.165) is 0 Å². The van der Waals surface area contributed by atoms with Crippen molar-refractivity contribution < 1.29 is 19.0 Å². The molecule has 1 aromatic carbocycles. The predicted molar refractivity (Wildman–Crippen MR) is 70.3 cm³/mol. The third-order valence-electron chi connectivity index (χ3n) is 2.96. The van der Waals surface area contributed by atoms with Crippen molar-refractivity contribution in [1.29, 1.82) is 0 Å². The van der Waals surface area contributed by atoms with Crippen LogP contribution in [0, 0.1) is 5.82 Å². The molecule has 0 fully saturated rings. The number of nitrogens with zero attached hydrogens (tertiary/aromatic N) is 1. The van der Waals surface area contributed by atoms with E-state index in [4.69, 9.17) is 4.74 Å². The Hall–Kier alpha value is -1.46. The van der Waals surface area contributed by atoms with Crippen LogP contribution in [0.5, 0.6) is 0 Å². The van der Waals surface area contributed by atoms with Gasteiger partial charge >= 0.3 is 0 Å². The van der Waals surface area contributed by atoms with E-state index in [1.54, 1.807) is 32.2 Å². The molecule has 1 amide bonds. The van der Waals surface area contributed by atoms with E-state index >= 15 is 0 Å². The molecule has 1 N–H and O–H groups in total. The number of aliphatic hydroxyl groups excluding tert-OH is 1. The van der Waals surface area contributed by atoms with Gasteiger partial charge in [-0.1, -0.05) is 18.2 Å². The summed E-state index contributed by atoms with van der Waals surface area (Å²) in [5, 5.41) is 9.58. The Labute approximate surface area is 112 Å². The summed E-state index contributed by atoms with van der Waals surface area (Å²) in [6, 6.07) is 6.21. The van der Waals surface area contributed by atoms with Crippen LogP contribution in [-0.2, 0) is 9.53 Å². The normalized spacial score (nSPS) is 13.9. The minimum absolute atomic E-state index is 0.158. The van der Waals surface area contributed by atoms with Gasteiger partial charge in [0.25, 0.3) is 0 Å². The lowest BCUT2D eigenvalue weighted by atomic mass is 9.99. The molecule has 0 aliphatic rings. The second-order valence-electron chi connectivity index (χ2n) is 4.57. The number of halogens is 1. The van der Waals surface area contributed by atoms with Gasteiger partial charge in [-0.2, -0.15) is 0 Å². The summed E-state index contributed by atoms with van der Waals surface area (Å²) in [4.78, 5) is 13.5. The molecule has 5 heteroatoms. The lowest BCUT2D eigenvalue weighted by molar-refractivity contribution is -0.132. The van der Waals surface area contributed by atoms with Gasteiger partial charge in [0.05, 0.1) is 18.6 Å². The number of benzene rings is 1. The van der Waals surface area contributed by atoms with Gasteiger partial charge in [0.2, 0.25) is 5.91 Å². The Morgan fingerprint density at radius 3 is 2.68 bits per heavy atom. The summed E-state index contributed by atoms with van der Waals surface area (Å²) in [6.45, 7) is 1.97. The van der Waals surface area contributed by atoms with E-state index < -0.39 is 17.8 Å². The first-order chi connectivity index (χ1) is 8.97. The number of methoxy groups -OCH3 is 1. The van der Waals surface area contributed by atoms with Gasteiger partial charge in [-0.15, -0.1) is 0 Å². The average Bonchev–Trinajstić information content (AvgIpc) is 2.37. The van der Waals surface area contributed by atoms with Crippen molar-refractivity contribution in [2.24, 2.45) is 0 Å². The van der Waals surface area contributed by atoms with Crippen molar-refractivity contribution in [3.05, 3.63) is 35.6 Å². The Bertz CT molecular complexity index is 425. The molecule has 2 atom stereocenters. The highest BCUT2D eigenvalue weighted by atomic mass is 19.1. The second kappa shape index (κ2) is 7.21. The standard InChI is InChI=1S/C14H20FNO3/c1-10(12-6-4-5-7-13(12)15)14(18)16(2)8-11(17)9-19-3/h4-7,10-11,17H,8-9H2,1-3H3/t10-,11-/m1/s1. The van der Waals surface area contributed by atoms with E-state index in [2.05, 4.69) is 0 Å². The zero-order valence-electron chi connectivity index (χ0n) is 11.5. The first-order valence-electron chi connectivity index (χ1n) is 6.13. The van der Waals surface area contributed by atoms with Crippen LogP contribution in [0.2, 0.25) is 0 Å². The van der Waals surface area contributed by atoms with Gasteiger partial charge in [0.15, 0.2) is 0 Å². The number of carbonyl (C=O) groups is 1. The Morgan fingerprint density at radius 1 is 1.47 bits per heavy atom. The highest BCUT2D eigenvalue weighted by Gasteiger charge is 2.23. The van der Waals surface area contributed by atoms with E-state index in [0.29, 0.717) is 5.56 Å². The molecule has 0 unspecified atom stereocenters. The number of aliphatic hydroxyl groups is 1. The molecule has 0 saturated carbocycles. The van der Waals surface area contributed by atoms with Crippen LogP contribution in [0.4, 0.5) is 4.39 Å². The number of amides is 1. The van der Waals surface area contributed by atoms with Crippen LogP contribution in [0.3, 0.4) is 0 Å². The van der Waals surface area contributed by atoms with E-state index in [-0.39, 0.29) is 19.1 Å². The summed E-state index contributed by atoms with van der Waals surface area (Å²) < 4.78 is 18.4. The quantitative estimate of drug-likeness (QED) is 0.849. The first-order valence-corrected chi connectivity index (χ1v) is 6.13. The zero-order valence-corrected chi connectivity index (χ0v) is 11.5. The van der Waals surface area contributed by atoms with Gasteiger partial charge in [-0.3, -0.25) is 4.79 Å². The average molecular weight is 269 g/mol. The highest BCUT2D eigenvalue weighted by molar-refractivity contribution is 5.83. The number of rotatable bonds is 6. The van der Waals surface area contributed by atoms with Crippen LogP contribution < -0.4 is 0 Å². The fraction of sp³-hybridized carbons (Fsp3) is 0.500. The molecule has 0 heterocycles. The lowest BCUT2D eigenvalue weighted by Gasteiger charge is -2.24. The smallest absolute Gasteiger partial charge is 0.229 e. The van der Waals surface area contributed by atoms with Gasteiger partial charge in [-0.25, -0.2) is 4.39 Å². The molecule has 0 aromatic heterocycles. The number of hydrogen-bond donors (Lipinski definition) is 1. The molecular weight excluding hydrogens is 249 g/mol. The van der Waals surface area contributed by atoms with Crippen molar-refractivity contribution in [3.63, 3.8) is 0 Å². The Balaban J connectivity index is 2.69. The molecule has 0 bridgehead atoms. The summed E-state index contributed by atoms with van der Waals surface area (Å²) in [6.07, 6.45) is -0.744. The third kappa shape index (κ3) is 4.29. The fourth-order valence-corrected chi connectivity index (χ4v) is 1.94. The number of ether oxygens (including phenoxy) is 1. The summed E-state index contributed by atoms with van der Waals surface area (Å²) in [5.41, 5.74) is 0.362. The Kier molecular flexibility index (Phi) is 5.92. The lowest BCUT2D eigenvalue weighted by Crippen LogP contribution is -2.38. The van der Waals surface area contributed by atoms with E-state index in [1.165, 1.54) is 18.1 Å². The first kappa shape index (κ1) is 15.6. The van der Waals surface area contributed by atoms with Crippen LogP contribution >= 0.6 is 0 Å². The van der Waals surface area contributed by atoms with Crippen LogP contribution in [-0.4, -0.2) is 49.3 Å². The molecule has 1 rings (SSSR count). The van der Waals surface area contributed by atoms with Gasteiger partial charge in [0.1, 0.15) is 5.82 Å². The Morgan fingerprint density at radius 2 is 2.11 bits per heavy atom. The molecule has 1 aromatic rings. The van der Waals surface area contributed by atoms with Crippen molar-refractivity contribution in [2.45, 2.75) is 18.9 Å². The molecule has 0 saturated heterocycles. The molecule has 19 heavy (non-hydrogen) atoms. The van der Waals surface area contributed by atoms with Crippen molar-refractivity contribution in [3.8, 4) is 0 Å². The molecule has 0 aliphatic heterocycles. The predicted octanol–water partition coefficient (Wildman–Crippen LogP) is 1.39. The third-order valence-corrected chi connectivity index (χ3v) is 2.96. The molecule has 0 aliphatic carbocycles. The molecule has 106 valence electrons. The number of carbonyl (C=O) groups excluding carboxylic acids is 1. The summed E-state index contributed by atoms with van der Waals surface area (Å²) >= 11 is 0. The zero-order chi connectivity index (χ0) is 14.4. The fourth-order valence-electron chi connectivity index (χ4n) is 1.94. The highest BCUT2D eigenvalue weighted by Crippen LogP contribution is 2.20. The maximum Gasteiger partial charge on any atom is 0.229 e. The van der Waals surface area contributed by atoms with E-state index in [9.17, 15) is 14.3 Å². The topological polar surface area (TPSA) is 49.8 Å². The van der Waals surface area contributed by atoms with Crippen LogP contribution in [0.1, 0.15) is 18.4 Å². The SMILES string of the molecule is COC[C@H](O)CN(C)C(=O)[C@H](C)c1ccccc1F. The number of likely N-dealkylation sites (N-methyl/N-ethyl adjacent to an activating group) is 1. The molecule has 0 radical (unpaired) electrons. The molecular formula is C14H20FNO3.